The minimum atomic E-state index is 0.388. The lowest BCUT2D eigenvalue weighted by Gasteiger charge is -2.37. The second-order valence-electron chi connectivity index (χ2n) is 5.52. The molecule has 3 atom stereocenters. The van der Waals surface area contributed by atoms with Crippen LogP contribution in [-0.4, -0.2) is 36.7 Å². The van der Waals surface area contributed by atoms with Crippen LogP contribution in [0.1, 0.15) is 39.5 Å². The van der Waals surface area contributed by atoms with Crippen molar-refractivity contribution in [1.29, 1.82) is 0 Å². The van der Waals surface area contributed by atoms with Crippen LogP contribution in [0.2, 0.25) is 0 Å². The standard InChI is InChI=1S/C14H25NO/c1-11(2)13-7-6-12(3)16-14(13)10-15-8-4-5-9-15/h12-14H,1,4-10H2,2-3H3/t12-,13-,14+/m1/s1. The summed E-state index contributed by atoms with van der Waals surface area (Å²) in [7, 11) is 0. The topological polar surface area (TPSA) is 12.5 Å². The van der Waals surface area contributed by atoms with Crippen molar-refractivity contribution in [3.63, 3.8) is 0 Å². The largest absolute Gasteiger partial charge is 0.373 e. The lowest BCUT2D eigenvalue weighted by atomic mass is 9.86. The lowest BCUT2D eigenvalue weighted by molar-refractivity contribution is -0.0757. The Morgan fingerprint density at radius 3 is 2.62 bits per heavy atom. The van der Waals surface area contributed by atoms with E-state index in [2.05, 4.69) is 25.3 Å². The molecule has 2 saturated heterocycles. The normalized spacial score (nSPS) is 36.5. The highest BCUT2D eigenvalue weighted by atomic mass is 16.5. The fraction of sp³-hybridized carbons (Fsp3) is 0.857. The SMILES string of the molecule is C=C(C)[C@H]1CC[C@@H](C)O[C@H]1CN1CCCC1. The van der Waals surface area contributed by atoms with Crippen molar-refractivity contribution in [2.75, 3.05) is 19.6 Å². The maximum Gasteiger partial charge on any atom is 0.0770 e. The minimum Gasteiger partial charge on any atom is -0.373 e. The molecule has 2 nitrogen and oxygen atoms in total. The van der Waals surface area contributed by atoms with E-state index in [4.69, 9.17) is 4.74 Å². The van der Waals surface area contributed by atoms with E-state index < -0.39 is 0 Å². The summed E-state index contributed by atoms with van der Waals surface area (Å²) in [6, 6.07) is 0. The van der Waals surface area contributed by atoms with Gasteiger partial charge in [0.05, 0.1) is 12.2 Å². The van der Waals surface area contributed by atoms with Gasteiger partial charge in [0, 0.05) is 12.5 Å². The van der Waals surface area contributed by atoms with Gasteiger partial charge in [0.25, 0.3) is 0 Å². The maximum atomic E-state index is 6.12. The molecule has 0 amide bonds. The van der Waals surface area contributed by atoms with E-state index in [1.165, 1.54) is 44.3 Å². The molecule has 2 heterocycles. The summed E-state index contributed by atoms with van der Waals surface area (Å²) in [5.41, 5.74) is 1.30. The molecule has 2 rings (SSSR count). The maximum absolute atomic E-state index is 6.12. The fourth-order valence-corrected chi connectivity index (χ4v) is 3.02. The summed E-state index contributed by atoms with van der Waals surface area (Å²) in [5.74, 6) is 0.580. The molecular weight excluding hydrogens is 198 g/mol. The monoisotopic (exact) mass is 223 g/mol. The number of hydrogen-bond acceptors (Lipinski definition) is 2. The Kier molecular flexibility index (Phi) is 4.04. The van der Waals surface area contributed by atoms with Crippen molar-refractivity contribution in [2.45, 2.75) is 51.7 Å². The highest BCUT2D eigenvalue weighted by Crippen LogP contribution is 2.30. The molecule has 0 radical (unpaired) electrons. The van der Waals surface area contributed by atoms with Gasteiger partial charge in [0.15, 0.2) is 0 Å². The average Bonchev–Trinajstić information content (AvgIpc) is 2.70. The van der Waals surface area contributed by atoms with Gasteiger partial charge in [-0.15, -0.1) is 0 Å². The second kappa shape index (κ2) is 5.33. The van der Waals surface area contributed by atoms with Crippen LogP contribution < -0.4 is 0 Å². The summed E-state index contributed by atoms with van der Waals surface area (Å²) < 4.78 is 6.12. The van der Waals surface area contributed by atoms with E-state index >= 15 is 0 Å². The fourth-order valence-electron chi connectivity index (χ4n) is 3.02. The Hall–Kier alpha value is -0.340. The molecule has 0 aliphatic carbocycles. The summed E-state index contributed by atoms with van der Waals surface area (Å²) in [5, 5.41) is 0. The van der Waals surface area contributed by atoms with E-state index in [-0.39, 0.29) is 0 Å². The Bertz CT molecular complexity index is 245. The van der Waals surface area contributed by atoms with Gasteiger partial charge in [-0.3, -0.25) is 0 Å². The van der Waals surface area contributed by atoms with Crippen LogP contribution in [0.4, 0.5) is 0 Å². The highest BCUT2D eigenvalue weighted by Gasteiger charge is 2.31. The number of likely N-dealkylation sites (tertiary alicyclic amines) is 1. The number of rotatable bonds is 3. The van der Waals surface area contributed by atoms with Crippen LogP contribution in [0.25, 0.3) is 0 Å². The molecule has 0 unspecified atom stereocenters. The molecule has 0 bridgehead atoms. The summed E-state index contributed by atoms with van der Waals surface area (Å²) in [4.78, 5) is 2.55. The molecule has 0 aromatic carbocycles. The van der Waals surface area contributed by atoms with Crippen LogP contribution in [0.5, 0.6) is 0 Å². The van der Waals surface area contributed by atoms with E-state index in [9.17, 15) is 0 Å². The molecule has 2 heteroatoms. The van der Waals surface area contributed by atoms with E-state index in [0.29, 0.717) is 18.1 Å². The second-order valence-corrected chi connectivity index (χ2v) is 5.52. The molecule has 16 heavy (non-hydrogen) atoms. The van der Waals surface area contributed by atoms with Crippen LogP contribution in [0, 0.1) is 5.92 Å². The van der Waals surface area contributed by atoms with Gasteiger partial charge >= 0.3 is 0 Å². The minimum absolute atomic E-state index is 0.388. The molecule has 0 aromatic rings. The third-order valence-electron chi connectivity index (χ3n) is 4.01. The molecule has 0 aromatic heterocycles. The van der Waals surface area contributed by atoms with E-state index in [0.717, 1.165) is 6.54 Å². The van der Waals surface area contributed by atoms with Gasteiger partial charge in [0.1, 0.15) is 0 Å². The van der Waals surface area contributed by atoms with Crippen LogP contribution in [-0.2, 0) is 4.74 Å². The van der Waals surface area contributed by atoms with Crippen molar-refractivity contribution in [1.82, 2.24) is 4.90 Å². The summed E-state index contributed by atoms with van der Waals surface area (Å²) in [6.45, 7) is 12.1. The zero-order chi connectivity index (χ0) is 11.5. The van der Waals surface area contributed by atoms with Crippen molar-refractivity contribution < 1.29 is 4.74 Å². The van der Waals surface area contributed by atoms with Crippen LogP contribution in [0.15, 0.2) is 12.2 Å². The van der Waals surface area contributed by atoms with Crippen molar-refractivity contribution in [2.24, 2.45) is 5.92 Å². The molecule has 0 spiro atoms. The number of nitrogens with zero attached hydrogens (tertiary/aromatic N) is 1. The molecule has 92 valence electrons. The zero-order valence-corrected chi connectivity index (χ0v) is 10.7. The quantitative estimate of drug-likeness (QED) is 0.682. The summed E-state index contributed by atoms with van der Waals surface area (Å²) in [6.07, 6.45) is 5.99. The number of ether oxygens (including phenoxy) is 1. The number of hydrogen-bond donors (Lipinski definition) is 0. The molecule has 2 aliphatic heterocycles. The Morgan fingerprint density at radius 1 is 1.31 bits per heavy atom. The first-order chi connectivity index (χ1) is 7.66. The first-order valence-corrected chi connectivity index (χ1v) is 6.70. The Morgan fingerprint density at radius 2 is 2.00 bits per heavy atom. The highest BCUT2D eigenvalue weighted by molar-refractivity contribution is 5.02. The first-order valence-electron chi connectivity index (χ1n) is 6.70. The van der Waals surface area contributed by atoms with Gasteiger partial charge in [-0.1, -0.05) is 12.2 Å². The van der Waals surface area contributed by atoms with Gasteiger partial charge in [0.2, 0.25) is 0 Å². The van der Waals surface area contributed by atoms with Gasteiger partial charge in [-0.05, 0) is 52.6 Å². The summed E-state index contributed by atoms with van der Waals surface area (Å²) >= 11 is 0. The average molecular weight is 223 g/mol. The van der Waals surface area contributed by atoms with Crippen molar-refractivity contribution in [3.05, 3.63) is 12.2 Å². The van der Waals surface area contributed by atoms with E-state index in [1.807, 2.05) is 0 Å². The van der Waals surface area contributed by atoms with Gasteiger partial charge in [-0.25, -0.2) is 0 Å². The van der Waals surface area contributed by atoms with Gasteiger partial charge in [-0.2, -0.15) is 0 Å². The third kappa shape index (κ3) is 2.86. The lowest BCUT2D eigenvalue weighted by Crippen LogP contribution is -2.42. The third-order valence-corrected chi connectivity index (χ3v) is 4.01. The smallest absolute Gasteiger partial charge is 0.0770 e. The Labute approximate surface area is 99.7 Å². The van der Waals surface area contributed by atoms with Crippen molar-refractivity contribution in [3.8, 4) is 0 Å². The van der Waals surface area contributed by atoms with Crippen molar-refractivity contribution >= 4 is 0 Å². The molecule has 0 saturated carbocycles. The molecule has 0 N–H and O–H groups in total. The van der Waals surface area contributed by atoms with Crippen LogP contribution >= 0.6 is 0 Å². The zero-order valence-electron chi connectivity index (χ0n) is 10.7. The molecule has 2 aliphatic rings. The molecular formula is C14H25NO. The Balaban J connectivity index is 1.93. The molecule has 2 fully saturated rings. The van der Waals surface area contributed by atoms with E-state index in [1.54, 1.807) is 0 Å². The first kappa shape index (κ1) is 12.1. The predicted molar refractivity (Wildman–Crippen MR) is 67.5 cm³/mol. The van der Waals surface area contributed by atoms with Gasteiger partial charge < -0.3 is 9.64 Å². The van der Waals surface area contributed by atoms with Crippen LogP contribution in [0.3, 0.4) is 0 Å². The predicted octanol–water partition coefficient (Wildman–Crippen LogP) is 2.84.